The molecule has 0 bridgehead atoms. The normalized spacial score (nSPS) is 14.2. The highest BCUT2D eigenvalue weighted by Crippen LogP contribution is 2.24. The molecule has 1 atom stereocenters. The predicted octanol–water partition coefficient (Wildman–Crippen LogP) is 4.28. The predicted molar refractivity (Wildman–Crippen MR) is 137 cm³/mol. The van der Waals surface area contributed by atoms with Gasteiger partial charge in [0.2, 0.25) is 5.88 Å². The van der Waals surface area contributed by atoms with Gasteiger partial charge < -0.3 is 9.47 Å². The monoisotopic (exact) mass is 492 g/mol. The fourth-order valence-corrected chi connectivity index (χ4v) is 4.66. The maximum absolute atomic E-state index is 13.3. The van der Waals surface area contributed by atoms with Crippen LogP contribution in [-0.2, 0) is 35.3 Å². The average Bonchev–Trinajstić information content (AvgIpc) is 3.21. The largest absolute Gasteiger partial charge is 0.481 e. The molecule has 0 saturated carbocycles. The number of esters is 1. The van der Waals surface area contributed by atoms with Gasteiger partial charge in [-0.3, -0.25) is 18.9 Å². The topological polar surface area (TPSA) is 88.2 Å². The summed E-state index contributed by atoms with van der Waals surface area (Å²) < 4.78 is 14.0. The van der Waals surface area contributed by atoms with Crippen LogP contribution in [0, 0.1) is 0 Å². The summed E-state index contributed by atoms with van der Waals surface area (Å²) in [4.78, 5) is 35.1. The zero-order valence-electron chi connectivity index (χ0n) is 21.7. The van der Waals surface area contributed by atoms with Gasteiger partial charge >= 0.3 is 11.7 Å². The third kappa shape index (κ3) is 6.42. The van der Waals surface area contributed by atoms with Crippen molar-refractivity contribution in [2.75, 3.05) is 7.11 Å². The maximum atomic E-state index is 13.3. The van der Waals surface area contributed by atoms with Crippen LogP contribution >= 0.6 is 0 Å². The molecule has 8 nitrogen and oxygen atoms in total. The number of ether oxygens (including phenoxy) is 2. The van der Waals surface area contributed by atoms with E-state index in [1.54, 1.807) is 40.9 Å². The molecule has 3 aromatic rings. The molecule has 1 aliphatic rings. The SMILES string of the molecule is COc1ccc([C@H](CC(=O)OC(C)(C)C)n2ccn(CCCc3ccc4c(n3)CCCC4)c2=O)cn1. The number of hydrogen-bond acceptors (Lipinski definition) is 6. The lowest BCUT2D eigenvalue weighted by Gasteiger charge is -2.23. The van der Waals surface area contributed by atoms with Crippen LogP contribution in [0.1, 0.15) is 75.0 Å². The molecule has 3 heterocycles. The van der Waals surface area contributed by atoms with Gasteiger partial charge in [-0.2, -0.15) is 0 Å². The Bertz CT molecular complexity index is 1240. The van der Waals surface area contributed by atoms with Crippen LogP contribution in [0.3, 0.4) is 0 Å². The number of fused-ring (bicyclic) bond motifs is 1. The molecule has 0 saturated heterocycles. The number of methoxy groups -OCH3 is 1. The second-order valence-corrected chi connectivity index (χ2v) is 10.3. The van der Waals surface area contributed by atoms with Gasteiger partial charge in [-0.05, 0) is 76.5 Å². The number of aryl methyl sites for hydroxylation is 4. The van der Waals surface area contributed by atoms with E-state index in [4.69, 9.17) is 14.5 Å². The lowest BCUT2D eigenvalue weighted by atomic mass is 9.95. The fourth-order valence-electron chi connectivity index (χ4n) is 4.66. The van der Waals surface area contributed by atoms with Crippen molar-refractivity contribution in [3.8, 4) is 5.88 Å². The molecule has 0 amide bonds. The van der Waals surface area contributed by atoms with Crippen molar-refractivity contribution in [2.24, 2.45) is 0 Å². The van der Waals surface area contributed by atoms with Gasteiger partial charge in [0.1, 0.15) is 5.60 Å². The van der Waals surface area contributed by atoms with Crippen LogP contribution in [0.4, 0.5) is 0 Å². The Labute approximate surface area is 212 Å². The van der Waals surface area contributed by atoms with E-state index < -0.39 is 11.6 Å². The summed E-state index contributed by atoms with van der Waals surface area (Å²) in [5.74, 6) is 0.0944. The Balaban J connectivity index is 1.48. The number of rotatable bonds is 9. The van der Waals surface area contributed by atoms with Crippen molar-refractivity contribution >= 4 is 5.97 Å². The molecule has 36 heavy (non-hydrogen) atoms. The minimum atomic E-state index is -0.610. The van der Waals surface area contributed by atoms with Gasteiger partial charge in [0.25, 0.3) is 0 Å². The molecule has 0 aromatic carbocycles. The van der Waals surface area contributed by atoms with Gasteiger partial charge in [0.05, 0.1) is 19.6 Å². The Hall–Kier alpha value is -3.42. The highest BCUT2D eigenvalue weighted by atomic mass is 16.6. The first kappa shape index (κ1) is 25.7. The Morgan fingerprint density at radius 2 is 1.92 bits per heavy atom. The van der Waals surface area contributed by atoms with Crippen molar-refractivity contribution in [3.63, 3.8) is 0 Å². The molecule has 0 radical (unpaired) electrons. The first-order valence-electron chi connectivity index (χ1n) is 12.7. The number of hydrogen-bond donors (Lipinski definition) is 0. The minimum Gasteiger partial charge on any atom is -0.481 e. The van der Waals surface area contributed by atoms with Crippen LogP contribution in [0.5, 0.6) is 5.88 Å². The number of aromatic nitrogens is 4. The molecule has 0 spiro atoms. The summed E-state index contributed by atoms with van der Waals surface area (Å²) >= 11 is 0. The van der Waals surface area contributed by atoms with Crippen molar-refractivity contribution in [1.29, 1.82) is 0 Å². The second kappa shape index (κ2) is 11.1. The molecular formula is C28H36N4O4. The van der Waals surface area contributed by atoms with Gasteiger partial charge in [0, 0.05) is 42.6 Å². The summed E-state index contributed by atoms with van der Waals surface area (Å²) in [6.07, 6.45) is 11.4. The third-order valence-electron chi connectivity index (χ3n) is 6.41. The van der Waals surface area contributed by atoms with E-state index in [0.717, 1.165) is 36.9 Å². The van der Waals surface area contributed by atoms with Crippen LogP contribution < -0.4 is 10.4 Å². The summed E-state index contributed by atoms with van der Waals surface area (Å²) in [6, 6.07) is 7.35. The highest BCUT2D eigenvalue weighted by Gasteiger charge is 2.25. The first-order valence-corrected chi connectivity index (χ1v) is 12.7. The number of carbonyl (C=O) groups is 1. The van der Waals surface area contributed by atoms with Crippen LogP contribution in [0.2, 0.25) is 0 Å². The smallest absolute Gasteiger partial charge is 0.328 e. The molecule has 0 fully saturated rings. The Morgan fingerprint density at radius 1 is 1.11 bits per heavy atom. The molecule has 1 aliphatic carbocycles. The van der Waals surface area contributed by atoms with Crippen molar-refractivity contribution in [2.45, 2.75) is 83.9 Å². The van der Waals surface area contributed by atoms with Crippen LogP contribution in [0.25, 0.3) is 0 Å². The van der Waals surface area contributed by atoms with Crippen molar-refractivity contribution in [3.05, 3.63) is 75.9 Å². The number of carbonyl (C=O) groups excluding carboxylic acids is 1. The maximum Gasteiger partial charge on any atom is 0.328 e. The van der Waals surface area contributed by atoms with Gasteiger partial charge in [-0.25, -0.2) is 9.78 Å². The third-order valence-corrected chi connectivity index (χ3v) is 6.41. The lowest BCUT2D eigenvalue weighted by Crippen LogP contribution is -2.31. The van der Waals surface area contributed by atoms with E-state index in [-0.39, 0.29) is 18.1 Å². The molecule has 3 aromatic heterocycles. The molecule has 0 N–H and O–H groups in total. The standard InChI is InChI=1S/C28H36N4O4/c1-28(2,3)36-26(33)18-24(21-12-14-25(35-4)29-19-21)32-17-16-31(27(32)34)15-7-9-22-13-11-20-8-5-6-10-23(20)30-22/h11-14,16-17,19,24H,5-10,15,18H2,1-4H3/t24-/m0/s1. The minimum absolute atomic E-state index is 0.0221. The molecule has 8 heteroatoms. The van der Waals surface area contributed by atoms with Crippen molar-refractivity contribution < 1.29 is 14.3 Å². The van der Waals surface area contributed by atoms with Gasteiger partial charge in [-0.1, -0.05) is 12.1 Å². The second-order valence-electron chi connectivity index (χ2n) is 10.3. The fraction of sp³-hybridized carbons (Fsp3) is 0.500. The van der Waals surface area contributed by atoms with Crippen LogP contribution in [0.15, 0.2) is 47.7 Å². The van der Waals surface area contributed by atoms with Gasteiger partial charge in [0.15, 0.2) is 0 Å². The lowest BCUT2D eigenvalue weighted by molar-refractivity contribution is -0.155. The molecule has 0 aliphatic heterocycles. The van der Waals surface area contributed by atoms with Crippen molar-refractivity contribution in [1.82, 2.24) is 19.1 Å². The van der Waals surface area contributed by atoms with E-state index >= 15 is 0 Å². The van der Waals surface area contributed by atoms with Gasteiger partial charge in [-0.15, -0.1) is 0 Å². The summed E-state index contributed by atoms with van der Waals surface area (Å²) in [5.41, 5.74) is 3.65. The number of nitrogens with zero attached hydrogens (tertiary/aromatic N) is 4. The zero-order chi connectivity index (χ0) is 25.7. The quantitative estimate of drug-likeness (QED) is 0.414. The average molecular weight is 493 g/mol. The zero-order valence-corrected chi connectivity index (χ0v) is 21.7. The van der Waals surface area contributed by atoms with E-state index in [0.29, 0.717) is 12.4 Å². The number of pyridine rings is 2. The first-order chi connectivity index (χ1) is 17.2. The van der Waals surface area contributed by atoms with Crippen LogP contribution in [-0.4, -0.2) is 37.8 Å². The van der Waals surface area contributed by atoms with E-state index in [2.05, 4.69) is 17.1 Å². The molecule has 0 unspecified atom stereocenters. The summed E-state index contributed by atoms with van der Waals surface area (Å²) in [7, 11) is 1.55. The van der Waals surface area contributed by atoms with E-state index in [1.165, 1.54) is 24.1 Å². The summed E-state index contributed by atoms with van der Waals surface area (Å²) in [6.45, 7) is 6.06. The Kier molecular flexibility index (Phi) is 7.91. The molecular weight excluding hydrogens is 456 g/mol. The Morgan fingerprint density at radius 3 is 2.64 bits per heavy atom. The molecule has 4 rings (SSSR count). The number of imidazole rings is 1. The molecule has 192 valence electrons. The van der Waals surface area contributed by atoms with E-state index in [9.17, 15) is 9.59 Å². The summed E-state index contributed by atoms with van der Waals surface area (Å²) in [5, 5.41) is 0. The highest BCUT2D eigenvalue weighted by molar-refractivity contribution is 5.71. The van der Waals surface area contributed by atoms with E-state index in [1.807, 2.05) is 26.8 Å².